The minimum absolute atomic E-state index is 0. The standard InChI is InChI=1S/C5H4N4O2.2H2O/c10-4-2-1-6-9-3(2)7-5(11)8-4;;/h1H,(H3,6,7,8,9,10,11);2*1H2. The molecule has 0 aromatic carbocycles. The van der Waals surface area contributed by atoms with E-state index >= 15 is 0 Å². The zero-order valence-corrected chi connectivity index (χ0v) is 6.34. The third-order valence-corrected chi connectivity index (χ3v) is 1.35. The van der Waals surface area contributed by atoms with Crippen LogP contribution in [0.1, 0.15) is 0 Å². The van der Waals surface area contributed by atoms with Gasteiger partial charge in [-0.25, -0.2) is 4.79 Å². The van der Waals surface area contributed by atoms with Crippen LogP contribution in [0, 0.1) is 0 Å². The molecular formula is C5H8N4O4. The first-order chi connectivity index (χ1) is 5.27. The predicted molar refractivity (Wildman–Crippen MR) is 44.6 cm³/mol. The average molecular weight is 188 g/mol. The van der Waals surface area contributed by atoms with Crippen LogP contribution < -0.4 is 11.2 Å². The van der Waals surface area contributed by atoms with Crippen molar-refractivity contribution < 1.29 is 11.0 Å². The highest BCUT2D eigenvalue weighted by molar-refractivity contribution is 5.71. The number of fused-ring (bicyclic) bond motifs is 1. The van der Waals surface area contributed by atoms with Crippen molar-refractivity contribution in [3.05, 3.63) is 27.0 Å². The van der Waals surface area contributed by atoms with Gasteiger partial charge in [-0.15, -0.1) is 0 Å². The Labute approximate surface area is 70.2 Å². The summed E-state index contributed by atoms with van der Waals surface area (Å²) in [4.78, 5) is 26.0. The summed E-state index contributed by atoms with van der Waals surface area (Å²) in [5, 5.41) is 6.42. The Kier molecular flexibility index (Phi) is 3.11. The summed E-state index contributed by atoms with van der Waals surface area (Å²) in [5.41, 5.74) is -0.622. The number of hydrogen-bond acceptors (Lipinski definition) is 3. The SMILES string of the molecule is O.O.O=c1[nH]c(=O)c2cn[nH]c2[nH]1. The van der Waals surface area contributed by atoms with E-state index in [1.165, 1.54) is 6.20 Å². The highest BCUT2D eigenvalue weighted by atomic mass is 16.2. The van der Waals surface area contributed by atoms with Crippen molar-refractivity contribution in [3.8, 4) is 0 Å². The van der Waals surface area contributed by atoms with Gasteiger partial charge < -0.3 is 11.0 Å². The molecule has 0 fully saturated rings. The Bertz CT molecular complexity index is 495. The summed E-state index contributed by atoms with van der Waals surface area (Å²) >= 11 is 0. The molecule has 0 aliphatic heterocycles. The second kappa shape index (κ2) is 3.65. The summed E-state index contributed by atoms with van der Waals surface area (Å²) in [6.45, 7) is 0. The van der Waals surface area contributed by atoms with Gasteiger partial charge in [0.1, 0.15) is 11.0 Å². The Morgan fingerprint density at radius 2 is 1.85 bits per heavy atom. The molecule has 7 N–H and O–H groups in total. The third-order valence-electron chi connectivity index (χ3n) is 1.35. The quantitative estimate of drug-likeness (QED) is 0.411. The highest BCUT2D eigenvalue weighted by Crippen LogP contribution is 1.94. The molecule has 2 rings (SSSR count). The maximum atomic E-state index is 10.9. The van der Waals surface area contributed by atoms with Crippen LogP contribution in [0.25, 0.3) is 11.0 Å². The molecule has 8 nitrogen and oxygen atoms in total. The van der Waals surface area contributed by atoms with Gasteiger partial charge in [-0.2, -0.15) is 5.10 Å². The lowest BCUT2D eigenvalue weighted by molar-refractivity contribution is 0.823. The number of nitrogens with zero attached hydrogens (tertiary/aromatic N) is 1. The van der Waals surface area contributed by atoms with Gasteiger partial charge in [0.25, 0.3) is 5.56 Å². The Morgan fingerprint density at radius 1 is 1.15 bits per heavy atom. The van der Waals surface area contributed by atoms with Crippen LogP contribution in [0.2, 0.25) is 0 Å². The topological polar surface area (TPSA) is 157 Å². The van der Waals surface area contributed by atoms with Crippen molar-refractivity contribution in [2.75, 3.05) is 0 Å². The molecular weight excluding hydrogens is 180 g/mol. The molecule has 0 amide bonds. The molecule has 0 saturated carbocycles. The molecule has 2 aromatic heterocycles. The van der Waals surface area contributed by atoms with E-state index in [4.69, 9.17) is 0 Å². The average Bonchev–Trinajstić information content (AvgIpc) is 2.34. The van der Waals surface area contributed by atoms with E-state index in [2.05, 4.69) is 20.2 Å². The van der Waals surface area contributed by atoms with Crippen LogP contribution in [0.3, 0.4) is 0 Å². The van der Waals surface area contributed by atoms with Gasteiger partial charge in [0.15, 0.2) is 0 Å². The van der Waals surface area contributed by atoms with Gasteiger partial charge in [0.2, 0.25) is 0 Å². The number of aromatic nitrogens is 4. The number of H-pyrrole nitrogens is 3. The zero-order valence-electron chi connectivity index (χ0n) is 6.34. The number of nitrogens with one attached hydrogen (secondary N) is 3. The van der Waals surface area contributed by atoms with E-state index in [0.717, 1.165) is 0 Å². The molecule has 0 unspecified atom stereocenters. The van der Waals surface area contributed by atoms with E-state index < -0.39 is 11.2 Å². The van der Waals surface area contributed by atoms with Gasteiger partial charge in [-0.1, -0.05) is 0 Å². The molecule has 13 heavy (non-hydrogen) atoms. The molecule has 0 radical (unpaired) electrons. The fourth-order valence-electron chi connectivity index (χ4n) is 0.869. The summed E-state index contributed by atoms with van der Waals surface area (Å²) in [5.74, 6) is 0. The Hall–Kier alpha value is -1.93. The van der Waals surface area contributed by atoms with Crippen LogP contribution >= 0.6 is 0 Å². The molecule has 0 atom stereocenters. The van der Waals surface area contributed by atoms with Crippen LogP contribution in [-0.2, 0) is 0 Å². The van der Waals surface area contributed by atoms with E-state index in [1.807, 2.05) is 0 Å². The fraction of sp³-hybridized carbons (Fsp3) is 0. The normalized spacial score (nSPS) is 8.92. The Balaban J connectivity index is 0.000000720. The second-order valence-corrected chi connectivity index (χ2v) is 2.07. The molecule has 2 heterocycles. The highest BCUT2D eigenvalue weighted by Gasteiger charge is 1.99. The lowest BCUT2D eigenvalue weighted by atomic mass is 10.4. The molecule has 8 heteroatoms. The minimum Gasteiger partial charge on any atom is -0.412 e. The first kappa shape index (κ1) is 11.1. The molecule has 0 spiro atoms. The van der Waals surface area contributed by atoms with Crippen molar-refractivity contribution in [2.45, 2.75) is 0 Å². The van der Waals surface area contributed by atoms with Gasteiger partial charge in [0.05, 0.1) is 6.20 Å². The van der Waals surface area contributed by atoms with Gasteiger partial charge in [-0.3, -0.25) is 19.9 Å². The molecule has 0 bridgehead atoms. The van der Waals surface area contributed by atoms with Gasteiger partial charge >= 0.3 is 5.69 Å². The molecule has 0 saturated heterocycles. The first-order valence-electron chi connectivity index (χ1n) is 2.93. The summed E-state index contributed by atoms with van der Waals surface area (Å²) in [6.07, 6.45) is 1.35. The third kappa shape index (κ3) is 1.63. The maximum Gasteiger partial charge on any atom is 0.327 e. The number of hydrogen-bond donors (Lipinski definition) is 3. The zero-order chi connectivity index (χ0) is 7.84. The van der Waals surface area contributed by atoms with Crippen LogP contribution in [0.15, 0.2) is 15.8 Å². The lowest BCUT2D eigenvalue weighted by Crippen LogP contribution is -2.21. The van der Waals surface area contributed by atoms with Crippen molar-refractivity contribution in [3.63, 3.8) is 0 Å². The minimum atomic E-state index is -0.535. The second-order valence-electron chi connectivity index (χ2n) is 2.07. The largest absolute Gasteiger partial charge is 0.412 e. The van der Waals surface area contributed by atoms with Crippen LogP contribution in [0.5, 0.6) is 0 Å². The number of aromatic amines is 3. The van der Waals surface area contributed by atoms with E-state index in [1.54, 1.807) is 0 Å². The van der Waals surface area contributed by atoms with Gasteiger partial charge in [0, 0.05) is 0 Å². The molecule has 0 aliphatic rings. The number of rotatable bonds is 0. The van der Waals surface area contributed by atoms with E-state index in [-0.39, 0.29) is 11.0 Å². The summed E-state index contributed by atoms with van der Waals surface area (Å²) < 4.78 is 0. The molecule has 2 aromatic rings. The first-order valence-corrected chi connectivity index (χ1v) is 2.93. The van der Waals surface area contributed by atoms with Crippen molar-refractivity contribution in [1.82, 2.24) is 20.2 Å². The fourth-order valence-corrected chi connectivity index (χ4v) is 0.869. The van der Waals surface area contributed by atoms with Crippen LogP contribution in [0.4, 0.5) is 0 Å². The lowest BCUT2D eigenvalue weighted by Gasteiger charge is -1.83. The van der Waals surface area contributed by atoms with Crippen molar-refractivity contribution >= 4 is 11.0 Å². The summed E-state index contributed by atoms with van der Waals surface area (Å²) in [7, 11) is 0. The van der Waals surface area contributed by atoms with Gasteiger partial charge in [-0.05, 0) is 0 Å². The van der Waals surface area contributed by atoms with Crippen LogP contribution in [-0.4, -0.2) is 31.1 Å². The van der Waals surface area contributed by atoms with E-state index in [0.29, 0.717) is 11.0 Å². The van der Waals surface area contributed by atoms with Crippen molar-refractivity contribution in [2.24, 2.45) is 0 Å². The van der Waals surface area contributed by atoms with Crippen molar-refractivity contribution in [1.29, 1.82) is 0 Å². The smallest absolute Gasteiger partial charge is 0.327 e. The predicted octanol–water partition coefficient (Wildman–Crippen LogP) is -2.71. The Morgan fingerprint density at radius 3 is 2.54 bits per heavy atom. The van der Waals surface area contributed by atoms with E-state index in [9.17, 15) is 9.59 Å². The summed E-state index contributed by atoms with van der Waals surface area (Å²) in [6, 6.07) is 0. The molecule has 0 aliphatic carbocycles. The monoisotopic (exact) mass is 188 g/mol. The maximum absolute atomic E-state index is 10.9. The molecule has 72 valence electrons.